The lowest BCUT2D eigenvalue weighted by Gasteiger charge is -2.26. The molecule has 1 heterocycles. The Morgan fingerprint density at radius 1 is 0.468 bits per heavy atom. The molecule has 8 aromatic carbocycles. The first-order valence-electron chi connectivity index (χ1n) is 25.1. The zero-order valence-electron chi connectivity index (χ0n) is 42.0. The van der Waals surface area contributed by atoms with Gasteiger partial charge < -0.3 is 33.7 Å². The van der Waals surface area contributed by atoms with Crippen LogP contribution in [0.1, 0.15) is 87.7 Å². The molecule has 1 aliphatic heterocycles. The number of esters is 2. The van der Waals surface area contributed by atoms with E-state index < -0.39 is 51.4 Å². The molecule has 13 nitrogen and oxygen atoms in total. The van der Waals surface area contributed by atoms with Crippen molar-refractivity contribution in [1.82, 2.24) is 5.32 Å². The van der Waals surface area contributed by atoms with Gasteiger partial charge in [0.25, 0.3) is 5.91 Å². The van der Waals surface area contributed by atoms with E-state index in [2.05, 4.69) is 5.32 Å². The first kappa shape index (κ1) is 52.8. The highest BCUT2D eigenvalue weighted by molar-refractivity contribution is 7.91. The average molecular weight is 1050 g/mol. The van der Waals surface area contributed by atoms with Gasteiger partial charge >= 0.3 is 11.9 Å². The third kappa shape index (κ3) is 14.4. The van der Waals surface area contributed by atoms with Crippen LogP contribution in [-0.4, -0.2) is 55.7 Å². The molecular weight excluding hydrogens is 995 g/mol. The van der Waals surface area contributed by atoms with E-state index in [1.54, 1.807) is 36.4 Å². The van der Waals surface area contributed by atoms with E-state index in [0.29, 0.717) is 12.4 Å². The van der Waals surface area contributed by atoms with Crippen LogP contribution in [0.15, 0.2) is 206 Å². The van der Waals surface area contributed by atoms with Crippen molar-refractivity contribution in [3.63, 3.8) is 0 Å². The molecule has 1 fully saturated rings. The molecule has 1 N–H and O–H groups in total. The number of benzene rings is 8. The zero-order chi connectivity index (χ0) is 53.4. The number of amides is 1. The van der Waals surface area contributed by atoms with Gasteiger partial charge in [-0.15, -0.1) is 0 Å². The summed E-state index contributed by atoms with van der Waals surface area (Å²) in [7, 11) is -3.69. The molecule has 1 saturated heterocycles. The predicted molar refractivity (Wildman–Crippen MR) is 290 cm³/mol. The Kier molecular flexibility index (Phi) is 17.5. The summed E-state index contributed by atoms with van der Waals surface area (Å²) in [5.41, 5.74) is 3.74. The molecule has 8 aromatic rings. The Hall–Kier alpha value is -9.01. The number of rotatable bonds is 21. The lowest BCUT2D eigenvalue weighted by molar-refractivity contribution is 0.0197. The molecule has 77 heavy (non-hydrogen) atoms. The largest absolute Gasteiger partial charge is 0.489 e. The van der Waals surface area contributed by atoms with Crippen LogP contribution in [0.2, 0.25) is 0 Å². The number of nitrogens with one attached hydrogen (secondary N) is 1. The lowest BCUT2D eigenvalue weighted by Crippen LogP contribution is -2.48. The molecule has 1 amide bonds. The van der Waals surface area contributed by atoms with Gasteiger partial charge in [0.2, 0.25) is 5.78 Å². The molecule has 0 aliphatic carbocycles. The number of hydrogen-bond acceptors (Lipinski definition) is 12. The number of sulfone groups is 1. The highest BCUT2D eigenvalue weighted by atomic mass is 32.2. The van der Waals surface area contributed by atoms with Crippen molar-refractivity contribution in [2.45, 2.75) is 58.0 Å². The summed E-state index contributed by atoms with van der Waals surface area (Å²) in [5, 5.41) is 2.84. The fourth-order valence-electron chi connectivity index (χ4n) is 8.69. The van der Waals surface area contributed by atoms with E-state index >= 15 is 4.79 Å². The van der Waals surface area contributed by atoms with E-state index in [1.165, 1.54) is 18.2 Å². The summed E-state index contributed by atoms with van der Waals surface area (Å²) in [6, 6.07) is 59.2. The van der Waals surface area contributed by atoms with Crippen LogP contribution in [0.4, 0.5) is 0 Å². The normalized spacial score (nSPS) is 14.7. The molecule has 0 unspecified atom stereocenters. The Labute approximate surface area is 447 Å². The van der Waals surface area contributed by atoms with Crippen molar-refractivity contribution < 1.29 is 56.0 Å². The zero-order valence-corrected chi connectivity index (χ0v) is 42.8. The molecule has 0 saturated carbocycles. The van der Waals surface area contributed by atoms with Crippen molar-refractivity contribution in [2.24, 2.45) is 0 Å². The first-order valence-corrected chi connectivity index (χ1v) is 26.9. The monoisotopic (exact) mass is 1050 g/mol. The fraction of sp³-hybridized carbons (Fsp3) is 0.175. The van der Waals surface area contributed by atoms with Gasteiger partial charge in [-0.3, -0.25) is 9.59 Å². The minimum Gasteiger partial charge on any atom is -0.489 e. The van der Waals surface area contributed by atoms with Gasteiger partial charge in [0.15, 0.2) is 9.84 Å². The highest BCUT2D eigenvalue weighted by Gasteiger charge is 2.36. The molecule has 0 spiro atoms. The van der Waals surface area contributed by atoms with Gasteiger partial charge in [-0.25, -0.2) is 18.0 Å². The minimum absolute atomic E-state index is 0.0451. The Morgan fingerprint density at radius 2 is 0.935 bits per heavy atom. The minimum atomic E-state index is -3.69. The standard InChI is InChI=1S/C63H55NO12S/c65-60(58-52(63(68)75-42-48-26-14-5-15-27-48)28-16-29-55(58)72-39-45-20-8-2-9-21-45)59-56(73-40-46-22-10-3-11-23-46)36-50(37-57(59)74-41-47-24-12-4-13-25-47)62(67)76-54-30-17-35-77(69,70)43-53(54)64-61(66)49-31-33-51(34-32-49)71-38-44-18-6-1-7-19-44/h1-16,18-29,31-34,36-37,53-54H,17,30,35,38-43H2,(H,64,66)/t53-,54-/m1/s1. The van der Waals surface area contributed by atoms with Gasteiger partial charge in [-0.2, -0.15) is 0 Å². The van der Waals surface area contributed by atoms with E-state index in [-0.39, 0.29) is 90.1 Å². The van der Waals surface area contributed by atoms with Gasteiger partial charge in [0, 0.05) is 5.56 Å². The van der Waals surface area contributed by atoms with Crippen LogP contribution in [0.5, 0.6) is 23.0 Å². The third-order valence-corrected chi connectivity index (χ3v) is 14.5. The molecule has 9 rings (SSSR count). The maximum Gasteiger partial charge on any atom is 0.339 e. The van der Waals surface area contributed by atoms with Crippen molar-refractivity contribution in [3.8, 4) is 23.0 Å². The number of carbonyl (C=O) groups excluding carboxylic acids is 4. The molecule has 0 aromatic heterocycles. The molecule has 1 aliphatic rings. The second-order valence-electron chi connectivity index (χ2n) is 18.3. The van der Waals surface area contributed by atoms with Crippen molar-refractivity contribution in [3.05, 3.63) is 262 Å². The van der Waals surface area contributed by atoms with Crippen LogP contribution in [0, 0.1) is 0 Å². The fourth-order valence-corrected chi connectivity index (χ4v) is 10.3. The second kappa shape index (κ2) is 25.5. The Morgan fingerprint density at radius 3 is 1.44 bits per heavy atom. The average Bonchev–Trinajstić information content (AvgIpc) is 3.61. The van der Waals surface area contributed by atoms with E-state index in [9.17, 15) is 22.8 Å². The second-order valence-corrected chi connectivity index (χ2v) is 20.5. The Balaban J connectivity index is 1.07. The van der Waals surface area contributed by atoms with Crippen LogP contribution in [0.25, 0.3) is 0 Å². The molecule has 390 valence electrons. The lowest BCUT2D eigenvalue weighted by atomic mass is 9.94. The van der Waals surface area contributed by atoms with Crippen LogP contribution < -0.4 is 24.3 Å². The molecule has 2 atom stereocenters. The topological polar surface area (TPSA) is 170 Å². The summed E-state index contributed by atoms with van der Waals surface area (Å²) in [6.07, 6.45) is -0.832. The van der Waals surface area contributed by atoms with Crippen molar-refractivity contribution in [2.75, 3.05) is 11.5 Å². The van der Waals surface area contributed by atoms with Gasteiger partial charge in [0.1, 0.15) is 67.7 Å². The maximum absolute atomic E-state index is 15.7. The van der Waals surface area contributed by atoms with Crippen LogP contribution >= 0.6 is 0 Å². The van der Waals surface area contributed by atoms with Crippen molar-refractivity contribution in [1.29, 1.82) is 0 Å². The summed E-state index contributed by atoms with van der Waals surface area (Å²) < 4.78 is 63.9. The van der Waals surface area contributed by atoms with E-state index in [1.807, 2.05) is 152 Å². The van der Waals surface area contributed by atoms with Gasteiger partial charge in [-0.05, 0) is 89.2 Å². The number of ether oxygens (including phenoxy) is 6. The quantitative estimate of drug-likeness (QED) is 0.0534. The highest BCUT2D eigenvalue weighted by Crippen LogP contribution is 2.38. The van der Waals surface area contributed by atoms with Gasteiger partial charge in [-0.1, -0.05) is 158 Å². The summed E-state index contributed by atoms with van der Waals surface area (Å²) >= 11 is 0. The van der Waals surface area contributed by atoms with Crippen molar-refractivity contribution >= 4 is 33.5 Å². The molecule has 0 radical (unpaired) electrons. The SMILES string of the molecule is O=C(N[C@@H]1CS(=O)(=O)CCC[C@H]1OC(=O)c1cc(OCc2ccccc2)c(C(=O)c2c(OCc3ccccc3)cccc2C(=O)OCc2ccccc2)c(OCc2ccccc2)c1)c1ccc(OCc2ccccc2)cc1. The van der Waals surface area contributed by atoms with E-state index in [4.69, 9.17) is 28.4 Å². The maximum atomic E-state index is 15.7. The van der Waals surface area contributed by atoms with Crippen LogP contribution in [-0.2, 0) is 52.3 Å². The number of hydrogen-bond donors (Lipinski definition) is 1. The predicted octanol–water partition coefficient (Wildman–Crippen LogP) is 11.1. The molecule has 14 heteroatoms. The summed E-state index contributed by atoms with van der Waals surface area (Å²) in [6.45, 7) is 0.162. The van der Waals surface area contributed by atoms with Crippen LogP contribution in [0.3, 0.4) is 0 Å². The van der Waals surface area contributed by atoms with E-state index in [0.717, 1.165) is 27.8 Å². The smallest absolute Gasteiger partial charge is 0.339 e. The molecule has 0 bridgehead atoms. The molecular formula is C63H55NO12S. The first-order chi connectivity index (χ1) is 37.5. The summed E-state index contributed by atoms with van der Waals surface area (Å²) in [5.74, 6) is -3.26. The van der Waals surface area contributed by atoms with Gasteiger partial charge in [0.05, 0.1) is 34.2 Å². The summed E-state index contributed by atoms with van der Waals surface area (Å²) in [4.78, 5) is 58.5. The number of carbonyl (C=O) groups is 4. The Bertz CT molecular complexity index is 3330. The number of ketones is 1. The third-order valence-electron chi connectivity index (χ3n) is 12.7.